The number of hydrogen-bond acceptors (Lipinski definition) is 4. The van der Waals surface area contributed by atoms with Crippen molar-refractivity contribution in [2.75, 3.05) is 20.2 Å². The van der Waals surface area contributed by atoms with Crippen LogP contribution >= 0.6 is 11.3 Å². The zero-order valence-corrected chi connectivity index (χ0v) is 15.8. The quantitative estimate of drug-likeness (QED) is 0.755. The summed E-state index contributed by atoms with van der Waals surface area (Å²) >= 11 is 1.42. The first kappa shape index (κ1) is 18.5. The van der Waals surface area contributed by atoms with Crippen LogP contribution in [0.3, 0.4) is 0 Å². The summed E-state index contributed by atoms with van der Waals surface area (Å²) in [5, 5.41) is 4.75. The lowest BCUT2D eigenvalue weighted by Gasteiger charge is -2.25. The number of methoxy groups -OCH3 is 1. The molecule has 0 spiro atoms. The highest BCUT2D eigenvalue weighted by molar-refractivity contribution is 7.12. The number of carbonyl (C=O) groups is 2. The first-order chi connectivity index (χ1) is 12.7. The van der Waals surface area contributed by atoms with Crippen LogP contribution in [0, 0.1) is 0 Å². The Hall–Kier alpha value is -2.34. The van der Waals surface area contributed by atoms with Crippen LogP contribution in [-0.2, 0) is 4.79 Å². The molecule has 1 atom stereocenters. The summed E-state index contributed by atoms with van der Waals surface area (Å²) in [6.45, 7) is 1.32. The van der Waals surface area contributed by atoms with Crippen molar-refractivity contribution < 1.29 is 14.3 Å². The van der Waals surface area contributed by atoms with Gasteiger partial charge in [0.15, 0.2) is 0 Å². The Morgan fingerprint density at radius 1 is 1.27 bits per heavy atom. The van der Waals surface area contributed by atoms with Gasteiger partial charge in [-0.25, -0.2) is 0 Å². The molecule has 0 aliphatic carbocycles. The molecule has 1 aromatic heterocycles. The second kappa shape index (κ2) is 8.85. The third-order valence-electron chi connectivity index (χ3n) is 4.67. The molecule has 0 radical (unpaired) electrons. The molecule has 5 nitrogen and oxygen atoms in total. The van der Waals surface area contributed by atoms with Gasteiger partial charge in [-0.15, -0.1) is 11.3 Å². The highest BCUT2D eigenvalue weighted by Gasteiger charge is 2.29. The first-order valence-electron chi connectivity index (χ1n) is 8.94. The number of amides is 2. The summed E-state index contributed by atoms with van der Waals surface area (Å²) in [6, 6.07) is 11.8. The van der Waals surface area contributed by atoms with Crippen LogP contribution in [0.15, 0.2) is 41.8 Å². The van der Waals surface area contributed by atoms with Gasteiger partial charge in [0.1, 0.15) is 5.75 Å². The van der Waals surface area contributed by atoms with E-state index in [2.05, 4.69) is 5.32 Å². The molecular formula is C20H24N2O3S. The minimum absolute atomic E-state index is 0.0651. The molecule has 1 aliphatic heterocycles. The molecule has 2 amide bonds. The number of nitrogens with one attached hydrogen (secondary N) is 1. The summed E-state index contributed by atoms with van der Waals surface area (Å²) in [5.41, 5.74) is 1.16. The summed E-state index contributed by atoms with van der Waals surface area (Å²) in [6.07, 6.45) is 3.13. The van der Waals surface area contributed by atoms with Crippen molar-refractivity contribution in [3.05, 3.63) is 52.2 Å². The Morgan fingerprint density at radius 3 is 2.77 bits per heavy atom. The van der Waals surface area contributed by atoms with Crippen molar-refractivity contribution >= 4 is 23.2 Å². The number of carbonyl (C=O) groups excluding carboxylic acids is 2. The molecule has 26 heavy (non-hydrogen) atoms. The van der Waals surface area contributed by atoms with E-state index in [9.17, 15) is 9.59 Å². The lowest BCUT2D eigenvalue weighted by molar-refractivity contribution is -0.132. The highest BCUT2D eigenvalue weighted by atomic mass is 32.1. The van der Waals surface area contributed by atoms with Gasteiger partial charge in [-0.05, 0) is 48.4 Å². The zero-order chi connectivity index (χ0) is 18.4. The molecular weight excluding hydrogens is 348 g/mol. The van der Waals surface area contributed by atoms with Crippen LogP contribution in [0.25, 0.3) is 0 Å². The van der Waals surface area contributed by atoms with Gasteiger partial charge in [0.05, 0.1) is 18.0 Å². The fraction of sp³-hybridized carbons (Fsp3) is 0.400. The normalized spacial score (nSPS) is 16.5. The number of ether oxygens (including phenoxy) is 1. The van der Waals surface area contributed by atoms with E-state index in [1.807, 2.05) is 40.6 Å². The summed E-state index contributed by atoms with van der Waals surface area (Å²) in [4.78, 5) is 27.2. The monoisotopic (exact) mass is 372 g/mol. The van der Waals surface area contributed by atoms with Crippen LogP contribution in [0.2, 0.25) is 0 Å². The van der Waals surface area contributed by atoms with Crippen LogP contribution in [0.1, 0.15) is 47.0 Å². The van der Waals surface area contributed by atoms with Gasteiger partial charge in [0, 0.05) is 19.5 Å². The number of thiophene rings is 1. The predicted octanol–water partition coefficient (Wildman–Crippen LogP) is 3.63. The third-order valence-corrected chi connectivity index (χ3v) is 5.54. The maximum absolute atomic E-state index is 12.6. The number of likely N-dealkylation sites (tertiary alicyclic amines) is 1. The second-order valence-electron chi connectivity index (χ2n) is 6.36. The molecule has 6 heteroatoms. The molecule has 0 saturated carbocycles. The Kier molecular flexibility index (Phi) is 6.28. The van der Waals surface area contributed by atoms with Gasteiger partial charge in [-0.1, -0.05) is 18.2 Å². The van der Waals surface area contributed by atoms with E-state index in [0.29, 0.717) is 24.3 Å². The zero-order valence-electron chi connectivity index (χ0n) is 14.9. The minimum atomic E-state index is -0.0651. The fourth-order valence-electron chi connectivity index (χ4n) is 3.32. The standard InChI is InChI=1S/C20H24N2O3S/c1-25-16-10-8-15(9-11-16)17-5-3-13-22(17)19(23)7-2-12-21-20(24)18-6-4-14-26-18/h4,6,8-11,14,17H,2-3,5,7,12-13H2,1H3,(H,21,24). The smallest absolute Gasteiger partial charge is 0.261 e. The lowest BCUT2D eigenvalue weighted by Crippen LogP contribution is -2.31. The SMILES string of the molecule is COc1ccc(C2CCCN2C(=O)CCCNC(=O)c2cccs2)cc1. The number of rotatable bonds is 7. The van der Waals surface area contributed by atoms with E-state index < -0.39 is 0 Å². The van der Waals surface area contributed by atoms with Gasteiger partial charge in [-0.2, -0.15) is 0 Å². The molecule has 2 aromatic rings. The van der Waals surface area contributed by atoms with Gasteiger partial charge >= 0.3 is 0 Å². The topological polar surface area (TPSA) is 58.6 Å². The molecule has 138 valence electrons. The van der Waals surface area contributed by atoms with Gasteiger partial charge in [0.25, 0.3) is 5.91 Å². The van der Waals surface area contributed by atoms with Gasteiger partial charge in [0.2, 0.25) is 5.91 Å². The van der Waals surface area contributed by atoms with Crippen molar-refractivity contribution in [2.45, 2.75) is 31.7 Å². The van der Waals surface area contributed by atoms with Crippen LogP contribution in [-0.4, -0.2) is 36.9 Å². The molecule has 0 bridgehead atoms. The van der Waals surface area contributed by atoms with E-state index in [1.54, 1.807) is 13.2 Å². The van der Waals surface area contributed by atoms with Crippen LogP contribution in [0.5, 0.6) is 5.75 Å². The molecule has 1 aromatic carbocycles. The van der Waals surface area contributed by atoms with Crippen molar-refractivity contribution in [2.24, 2.45) is 0 Å². The molecule has 1 saturated heterocycles. The average Bonchev–Trinajstić information content (AvgIpc) is 3.37. The maximum atomic E-state index is 12.6. The van der Waals surface area contributed by atoms with Crippen molar-refractivity contribution in [3.63, 3.8) is 0 Å². The van der Waals surface area contributed by atoms with E-state index in [-0.39, 0.29) is 17.9 Å². The van der Waals surface area contributed by atoms with Crippen LogP contribution < -0.4 is 10.1 Å². The molecule has 1 N–H and O–H groups in total. The Balaban J connectivity index is 1.48. The first-order valence-corrected chi connectivity index (χ1v) is 9.82. The predicted molar refractivity (Wildman–Crippen MR) is 103 cm³/mol. The van der Waals surface area contributed by atoms with Gasteiger partial charge in [-0.3, -0.25) is 9.59 Å². The van der Waals surface area contributed by atoms with E-state index in [4.69, 9.17) is 4.74 Å². The minimum Gasteiger partial charge on any atom is -0.497 e. The summed E-state index contributed by atoms with van der Waals surface area (Å²) in [7, 11) is 1.65. The Morgan fingerprint density at radius 2 is 2.08 bits per heavy atom. The summed E-state index contributed by atoms with van der Waals surface area (Å²) in [5.74, 6) is 0.921. The second-order valence-corrected chi connectivity index (χ2v) is 7.30. The Labute approximate surface area is 158 Å². The van der Waals surface area contributed by atoms with Crippen molar-refractivity contribution in [1.29, 1.82) is 0 Å². The van der Waals surface area contributed by atoms with Crippen molar-refractivity contribution in [1.82, 2.24) is 10.2 Å². The third kappa shape index (κ3) is 4.43. The molecule has 1 aliphatic rings. The van der Waals surface area contributed by atoms with E-state index >= 15 is 0 Å². The van der Waals surface area contributed by atoms with Gasteiger partial charge < -0.3 is 15.0 Å². The molecule has 1 fully saturated rings. The largest absolute Gasteiger partial charge is 0.497 e. The molecule has 1 unspecified atom stereocenters. The lowest BCUT2D eigenvalue weighted by atomic mass is 10.0. The Bertz CT molecular complexity index is 728. The van der Waals surface area contributed by atoms with Crippen LogP contribution in [0.4, 0.5) is 0 Å². The fourth-order valence-corrected chi connectivity index (χ4v) is 3.96. The molecule has 2 heterocycles. The number of hydrogen-bond donors (Lipinski definition) is 1. The number of benzene rings is 1. The summed E-state index contributed by atoms with van der Waals surface area (Å²) < 4.78 is 5.20. The average molecular weight is 372 g/mol. The number of nitrogens with zero attached hydrogens (tertiary/aromatic N) is 1. The van der Waals surface area contributed by atoms with Crippen molar-refractivity contribution in [3.8, 4) is 5.75 Å². The van der Waals surface area contributed by atoms with E-state index in [0.717, 1.165) is 30.7 Å². The highest BCUT2D eigenvalue weighted by Crippen LogP contribution is 2.33. The van der Waals surface area contributed by atoms with E-state index in [1.165, 1.54) is 11.3 Å². The maximum Gasteiger partial charge on any atom is 0.261 e. The molecule has 3 rings (SSSR count).